The number of allylic oxidation sites excluding steroid dienone is 2. The average Bonchev–Trinajstić information content (AvgIpc) is 2.44. The summed E-state index contributed by atoms with van der Waals surface area (Å²) in [5.41, 5.74) is 2.31. The summed E-state index contributed by atoms with van der Waals surface area (Å²) >= 11 is 0. The Kier molecular flexibility index (Phi) is 2.73. The number of likely N-dealkylation sites (N-methyl/N-ethyl adjacent to an activating group) is 1. The second-order valence-electron chi connectivity index (χ2n) is 3.90. The minimum Gasteiger partial charge on any atom is -0.348 e. The molecule has 80 valence electrons. The summed E-state index contributed by atoms with van der Waals surface area (Å²) in [7, 11) is 1.81. The fourth-order valence-corrected chi connectivity index (χ4v) is 2.12. The Hall–Kier alpha value is -1.35. The Balaban J connectivity index is 2.47. The summed E-state index contributed by atoms with van der Waals surface area (Å²) in [6, 6.07) is -0.105. The largest absolute Gasteiger partial charge is 0.348 e. The maximum absolute atomic E-state index is 11.7. The van der Waals surface area contributed by atoms with Crippen molar-refractivity contribution in [3.63, 3.8) is 0 Å². The Morgan fingerprint density at radius 1 is 1.33 bits per heavy atom. The fraction of sp³-hybridized carbons (Fsp3) is 0.417. The number of rotatable bonds is 1. The van der Waals surface area contributed by atoms with Crippen molar-refractivity contribution in [2.24, 2.45) is 0 Å². The highest BCUT2D eigenvalue weighted by Gasteiger charge is 2.30. The van der Waals surface area contributed by atoms with Gasteiger partial charge in [0.2, 0.25) is 5.91 Å². The van der Waals surface area contributed by atoms with E-state index in [2.05, 4.69) is 34.9 Å². The van der Waals surface area contributed by atoms with E-state index >= 15 is 0 Å². The third-order valence-electron chi connectivity index (χ3n) is 2.89. The lowest BCUT2D eigenvalue weighted by Gasteiger charge is -2.29. The molecule has 3 nitrogen and oxygen atoms in total. The molecule has 0 bridgehead atoms. The molecule has 0 spiro atoms. The zero-order valence-corrected chi connectivity index (χ0v) is 9.08. The first-order valence-electron chi connectivity index (χ1n) is 5.29. The van der Waals surface area contributed by atoms with Gasteiger partial charge < -0.3 is 10.6 Å². The van der Waals surface area contributed by atoms with Crippen molar-refractivity contribution in [3.05, 3.63) is 35.5 Å². The lowest BCUT2D eigenvalue weighted by molar-refractivity contribution is -0.122. The first-order chi connectivity index (χ1) is 7.24. The van der Waals surface area contributed by atoms with Gasteiger partial charge >= 0.3 is 0 Å². The zero-order valence-electron chi connectivity index (χ0n) is 9.08. The number of nitrogens with one attached hydrogen (secondary N) is 2. The highest BCUT2D eigenvalue weighted by atomic mass is 16.2. The van der Waals surface area contributed by atoms with Crippen LogP contribution >= 0.6 is 0 Å². The number of carbonyl (C=O) groups excluding carboxylic acids is 1. The molecule has 0 radical (unpaired) electrons. The number of carbonyl (C=O) groups is 1. The average molecular weight is 204 g/mol. The molecule has 2 aliphatic rings. The summed E-state index contributed by atoms with van der Waals surface area (Å²) in [5, 5.41) is 6.01. The van der Waals surface area contributed by atoms with Crippen LogP contribution in [0, 0.1) is 0 Å². The van der Waals surface area contributed by atoms with Gasteiger partial charge in [0.25, 0.3) is 0 Å². The molecule has 0 aromatic heterocycles. The zero-order chi connectivity index (χ0) is 10.8. The van der Waals surface area contributed by atoms with Crippen molar-refractivity contribution >= 4 is 5.91 Å². The third-order valence-corrected chi connectivity index (χ3v) is 2.89. The molecule has 15 heavy (non-hydrogen) atoms. The van der Waals surface area contributed by atoms with E-state index in [0.717, 1.165) is 12.0 Å². The van der Waals surface area contributed by atoms with Crippen molar-refractivity contribution < 1.29 is 4.79 Å². The first-order valence-corrected chi connectivity index (χ1v) is 5.29. The molecule has 1 heterocycles. The van der Waals surface area contributed by atoms with Crippen molar-refractivity contribution in [1.29, 1.82) is 0 Å². The summed E-state index contributed by atoms with van der Waals surface area (Å²) in [5.74, 6) is 0.0590. The summed E-state index contributed by atoms with van der Waals surface area (Å²) < 4.78 is 0. The Labute approximate surface area is 89.9 Å². The topological polar surface area (TPSA) is 41.1 Å². The van der Waals surface area contributed by atoms with Crippen LogP contribution in [-0.2, 0) is 4.79 Å². The maximum atomic E-state index is 11.7. The van der Waals surface area contributed by atoms with Crippen LogP contribution in [0.4, 0.5) is 0 Å². The minimum atomic E-state index is -0.213. The third kappa shape index (κ3) is 1.75. The van der Waals surface area contributed by atoms with E-state index in [1.165, 1.54) is 5.57 Å². The van der Waals surface area contributed by atoms with Crippen LogP contribution in [0.2, 0.25) is 0 Å². The van der Waals surface area contributed by atoms with E-state index < -0.39 is 0 Å². The Morgan fingerprint density at radius 3 is 2.67 bits per heavy atom. The molecule has 3 heteroatoms. The lowest BCUT2D eigenvalue weighted by atomic mass is 9.91. The van der Waals surface area contributed by atoms with Gasteiger partial charge in [-0.2, -0.15) is 0 Å². The van der Waals surface area contributed by atoms with Gasteiger partial charge in [0.15, 0.2) is 0 Å². The van der Waals surface area contributed by atoms with E-state index in [4.69, 9.17) is 0 Å². The molecule has 1 aliphatic heterocycles. The van der Waals surface area contributed by atoms with E-state index in [9.17, 15) is 4.79 Å². The van der Waals surface area contributed by atoms with Crippen LogP contribution < -0.4 is 10.6 Å². The number of hydrogen-bond acceptors (Lipinski definition) is 2. The standard InChI is InChI=1S/C12H16N2O/c1-8-9-6-4-3-5-7-10(9)11(13-2)12(15)14-8/h4-8,11,13H,3H2,1-2H3,(H,14,15). The van der Waals surface area contributed by atoms with Crippen LogP contribution in [0.1, 0.15) is 13.3 Å². The minimum absolute atomic E-state index is 0.0590. The summed E-state index contributed by atoms with van der Waals surface area (Å²) in [4.78, 5) is 11.7. The summed E-state index contributed by atoms with van der Waals surface area (Å²) in [6.07, 6.45) is 9.33. The molecule has 2 unspecified atom stereocenters. The molecule has 0 aromatic rings. The van der Waals surface area contributed by atoms with E-state index in [-0.39, 0.29) is 18.0 Å². The molecule has 0 fully saturated rings. The van der Waals surface area contributed by atoms with Gasteiger partial charge in [-0.1, -0.05) is 24.3 Å². The van der Waals surface area contributed by atoms with Gasteiger partial charge in [-0.3, -0.25) is 4.79 Å². The smallest absolute Gasteiger partial charge is 0.242 e. The number of hydrogen-bond donors (Lipinski definition) is 2. The van der Waals surface area contributed by atoms with Crippen LogP contribution in [-0.4, -0.2) is 25.0 Å². The highest BCUT2D eigenvalue weighted by Crippen LogP contribution is 2.23. The van der Waals surface area contributed by atoms with Crippen LogP contribution in [0.5, 0.6) is 0 Å². The monoisotopic (exact) mass is 204 g/mol. The fourth-order valence-electron chi connectivity index (χ4n) is 2.12. The normalized spacial score (nSPS) is 29.9. The van der Waals surface area contributed by atoms with Gasteiger partial charge in [0.05, 0.1) is 6.04 Å². The van der Waals surface area contributed by atoms with Gasteiger partial charge in [0.1, 0.15) is 6.04 Å². The quantitative estimate of drug-likeness (QED) is 0.666. The van der Waals surface area contributed by atoms with E-state index in [0.29, 0.717) is 0 Å². The van der Waals surface area contributed by atoms with Crippen molar-refractivity contribution in [1.82, 2.24) is 10.6 Å². The summed E-state index contributed by atoms with van der Waals surface area (Å²) in [6.45, 7) is 2.02. The lowest BCUT2D eigenvalue weighted by Crippen LogP contribution is -2.51. The van der Waals surface area contributed by atoms with Gasteiger partial charge in [-0.15, -0.1) is 0 Å². The van der Waals surface area contributed by atoms with E-state index in [1.54, 1.807) is 0 Å². The predicted molar refractivity (Wildman–Crippen MR) is 60.4 cm³/mol. The van der Waals surface area contributed by atoms with Crippen LogP contribution in [0.3, 0.4) is 0 Å². The molecule has 1 amide bonds. The van der Waals surface area contributed by atoms with Gasteiger partial charge in [-0.25, -0.2) is 0 Å². The van der Waals surface area contributed by atoms with Crippen LogP contribution in [0.15, 0.2) is 35.5 Å². The molecule has 0 saturated carbocycles. The first kappa shape index (κ1) is 10.2. The van der Waals surface area contributed by atoms with Crippen molar-refractivity contribution in [2.75, 3.05) is 7.05 Å². The van der Waals surface area contributed by atoms with E-state index in [1.807, 2.05) is 14.0 Å². The molecule has 2 rings (SSSR count). The second kappa shape index (κ2) is 4.03. The Bertz CT molecular complexity index is 366. The van der Waals surface area contributed by atoms with Gasteiger partial charge in [0, 0.05) is 0 Å². The SMILES string of the molecule is CNC1C(=O)NC(C)C2=C1C=CCC=C2. The van der Waals surface area contributed by atoms with Crippen LogP contribution in [0.25, 0.3) is 0 Å². The molecule has 0 aromatic carbocycles. The second-order valence-corrected chi connectivity index (χ2v) is 3.90. The molecular weight excluding hydrogens is 188 g/mol. The molecule has 0 saturated heterocycles. The number of amides is 1. The Morgan fingerprint density at radius 2 is 2.00 bits per heavy atom. The molecule has 2 atom stereocenters. The molecule has 1 aliphatic carbocycles. The van der Waals surface area contributed by atoms with Crippen molar-refractivity contribution in [3.8, 4) is 0 Å². The highest BCUT2D eigenvalue weighted by molar-refractivity contribution is 5.88. The predicted octanol–water partition coefficient (Wildman–Crippen LogP) is 0.905. The van der Waals surface area contributed by atoms with Crippen molar-refractivity contribution in [2.45, 2.75) is 25.4 Å². The van der Waals surface area contributed by atoms with Gasteiger partial charge in [-0.05, 0) is 31.5 Å². The molecular formula is C12H16N2O. The maximum Gasteiger partial charge on any atom is 0.242 e. The molecule has 2 N–H and O–H groups in total.